The molecule has 26 heavy (non-hydrogen) atoms. The van der Waals surface area contributed by atoms with E-state index in [9.17, 15) is 18.0 Å². The van der Waals surface area contributed by atoms with Gasteiger partial charge in [-0.2, -0.15) is 0 Å². The quantitative estimate of drug-likeness (QED) is 0.709. The van der Waals surface area contributed by atoms with Gasteiger partial charge in [-0.15, -0.1) is 0 Å². The second-order valence-electron chi connectivity index (χ2n) is 5.79. The number of aromatic nitrogens is 1. The van der Waals surface area contributed by atoms with Gasteiger partial charge in [0, 0.05) is 24.7 Å². The molecular formula is C18H21N3O4S. The molecule has 0 unspecified atom stereocenters. The molecule has 0 bridgehead atoms. The van der Waals surface area contributed by atoms with Crippen molar-refractivity contribution in [2.45, 2.75) is 19.9 Å². The molecule has 8 heteroatoms. The molecule has 0 atom stereocenters. The number of nitrogens with zero attached hydrogens (tertiary/aromatic N) is 2. The molecule has 1 amide bonds. The van der Waals surface area contributed by atoms with Gasteiger partial charge >= 0.3 is 0 Å². The summed E-state index contributed by atoms with van der Waals surface area (Å²) in [6, 6.07) is 11.7. The lowest BCUT2D eigenvalue weighted by Crippen LogP contribution is -2.34. The zero-order valence-corrected chi connectivity index (χ0v) is 15.5. The Morgan fingerprint density at radius 2 is 1.92 bits per heavy atom. The third-order valence-corrected chi connectivity index (χ3v) is 4.87. The van der Waals surface area contributed by atoms with Crippen molar-refractivity contribution < 1.29 is 18.0 Å². The summed E-state index contributed by atoms with van der Waals surface area (Å²) in [6.45, 7) is 1.67. The smallest absolute Gasteiger partial charge is 0.232 e. The van der Waals surface area contributed by atoms with E-state index in [0.717, 1.165) is 16.3 Å². The second-order valence-corrected chi connectivity index (χ2v) is 7.70. The molecule has 0 radical (unpaired) electrons. The van der Waals surface area contributed by atoms with Crippen LogP contribution in [0.25, 0.3) is 0 Å². The van der Waals surface area contributed by atoms with E-state index >= 15 is 0 Å². The monoisotopic (exact) mass is 375 g/mol. The Balaban J connectivity index is 2.03. The van der Waals surface area contributed by atoms with Crippen molar-refractivity contribution in [1.29, 1.82) is 0 Å². The Morgan fingerprint density at radius 1 is 1.15 bits per heavy atom. The molecule has 1 aromatic heterocycles. The van der Waals surface area contributed by atoms with Crippen LogP contribution in [0.2, 0.25) is 0 Å². The zero-order chi connectivity index (χ0) is 19.2. The highest BCUT2D eigenvalue weighted by Gasteiger charge is 2.19. The van der Waals surface area contributed by atoms with Gasteiger partial charge in [0.2, 0.25) is 15.9 Å². The van der Waals surface area contributed by atoms with Gasteiger partial charge in [0.15, 0.2) is 5.78 Å². The van der Waals surface area contributed by atoms with Crippen molar-refractivity contribution >= 4 is 27.4 Å². The molecule has 0 aliphatic carbocycles. The summed E-state index contributed by atoms with van der Waals surface area (Å²) in [5.74, 6) is -0.444. The first-order valence-corrected chi connectivity index (χ1v) is 9.87. The first-order valence-electron chi connectivity index (χ1n) is 8.02. The average molecular weight is 375 g/mol. The molecule has 0 aliphatic rings. The van der Waals surface area contributed by atoms with Gasteiger partial charge in [-0.1, -0.05) is 18.2 Å². The molecule has 0 saturated carbocycles. The maximum absolute atomic E-state index is 12.1. The first kappa shape index (κ1) is 19.6. The Labute approximate surface area is 153 Å². The number of benzene rings is 1. The number of carbonyl (C=O) groups is 2. The molecule has 138 valence electrons. The summed E-state index contributed by atoms with van der Waals surface area (Å²) in [4.78, 5) is 27.7. The van der Waals surface area contributed by atoms with E-state index in [-0.39, 0.29) is 31.2 Å². The predicted octanol–water partition coefficient (Wildman–Crippen LogP) is 1.76. The van der Waals surface area contributed by atoms with E-state index in [0.29, 0.717) is 11.3 Å². The summed E-state index contributed by atoms with van der Waals surface area (Å²) in [5, 5.41) is 2.71. The summed E-state index contributed by atoms with van der Waals surface area (Å²) >= 11 is 0. The van der Waals surface area contributed by atoms with Crippen molar-refractivity contribution in [1.82, 2.24) is 10.3 Å². The standard InChI is InChI=1S/C18H21N3O4S/c1-14(22)15-6-5-8-17(12-15)21(26(2,24)25)11-9-18(23)20-13-16-7-3-4-10-19-16/h3-8,10,12H,9,11,13H2,1-2H3,(H,20,23). The van der Waals surface area contributed by atoms with Crippen LogP contribution in [0, 0.1) is 0 Å². The van der Waals surface area contributed by atoms with Crippen molar-refractivity contribution in [3.05, 3.63) is 59.9 Å². The maximum atomic E-state index is 12.1. The molecule has 2 aromatic rings. The molecule has 0 saturated heterocycles. The largest absolute Gasteiger partial charge is 0.350 e. The van der Waals surface area contributed by atoms with E-state index in [2.05, 4.69) is 10.3 Å². The van der Waals surface area contributed by atoms with Crippen LogP contribution in [0.3, 0.4) is 0 Å². The van der Waals surface area contributed by atoms with Crippen LogP contribution in [-0.4, -0.2) is 37.9 Å². The van der Waals surface area contributed by atoms with Gasteiger partial charge in [0.25, 0.3) is 0 Å². The molecular weight excluding hydrogens is 354 g/mol. The van der Waals surface area contributed by atoms with Crippen LogP contribution in [0.15, 0.2) is 48.7 Å². The van der Waals surface area contributed by atoms with Gasteiger partial charge in [-0.05, 0) is 31.2 Å². The van der Waals surface area contributed by atoms with Gasteiger partial charge in [-0.3, -0.25) is 18.9 Å². The molecule has 0 aliphatic heterocycles. The number of hydrogen-bond acceptors (Lipinski definition) is 5. The number of sulfonamides is 1. The molecule has 1 heterocycles. The lowest BCUT2D eigenvalue weighted by Gasteiger charge is -2.22. The van der Waals surface area contributed by atoms with E-state index in [1.165, 1.54) is 13.0 Å². The van der Waals surface area contributed by atoms with Crippen LogP contribution in [0.5, 0.6) is 0 Å². The number of Topliss-reactive ketones (excluding diaryl/α,β-unsaturated/α-hetero) is 1. The molecule has 0 spiro atoms. The lowest BCUT2D eigenvalue weighted by atomic mass is 10.1. The van der Waals surface area contributed by atoms with Crippen LogP contribution in [-0.2, 0) is 21.4 Å². The maximum Gasteiger partial charge on any atom is 0.232 e. The molecule has 1 aromatic carbocycles. The SMILES string of the molecule is CC(=O)c1cccc(N(CCC(=O)NCc2ccccn2)S(C)(=O)=O)c1. The fourth-order valence-electron chi connectivity index (χ4n) is 2.35. The van der Waals surface area contributed by atoms with Gasteiger partial charge in [-0.25, -0.2) is 8.42 Å². The third kappa shape index (κ3) is 5.66. The minimum atomic E-state index is -3.59. The third-order valence-electron chi connectivity index (χ3n) is 3.68. The van der Waals surface area contributed by atoms with Crippen LogP contribution in [0.1, 0.15) is 29.4 Å². The molecule has 2 rings (SSSR count). The van der Waals surface area contributed by atoms with Crippen LogP contribution >= 0.6 is 0 Å². The van der Waals surface area contributed by atoms with Crippen molar-refractivity contribution in [3.8, 4) is 0 Å². The number of nitrogens with one attached hydrogen (secondary N) is 1. The fraction of sp³-hybridized carbons (Fsp3) is 0.278. The van der Waals surface area contributed by atoms with Crippen molar-refractivity contribution in [3.63, 3.8) is 0 Å². The number of anilines is 1. The van der Waals surface area contributed by atoms with Gasteiger partial charge in [0.05, 0.1) is 24.2 Å². The number of ketones is 1. The van der Waals surface area contributed by atoms with E-state index < -0.39 is 10.0 Å². The number of amides is 1. The van der Waals surface area contributed by atoms with Gasteiger partial charge in [0.1, 0.15) is 0 Å². The Kier molecular flexibility index (Phi) is 6.46. The fourth-order valence-corrected chi connectivity index (χ4v) is 3.27. The van der Waals surface area contributed by atoms with Crippen LogP contribution < -0.4 is 9.62 Å². The Hall–Kier alpha value is -2.74. The minimum Gasteiger partial charge on any atom is -0.350 e. The number of rotatable bonds is 8. The van der Waals surface area contributed by atoms with Gasteiger partial charge < -0.3 is 5.32 Å². The topological polar surface area (TPSA) is 96.4 Å². The van der Waals surface area contributed by atoms with Crippen molar-refractivity contribution in [2.24, 2.45) is 0 Å². The van der Waals surface area contributed by atoms with Crippen molar-refractivity contribution in [2.75, 3.05) is 17.1 Å². The Morgan fingerprint density at radius 3 is 2.54 bits per heavy atom. The first-order chi connectivity index (χ1) is 12.3. The molecule has 1 N–H and O–H groups in total. The summed E-state index contributed by atoms with van der Waals surface area (Å²) < 4.78 is 25.3. The van der Waals surface area contributed by atoms with E-state index in [1.807, 2.05) is 6.07 Å². The molecule has 0 fully saturated rings. The highest BCUT2D eigenvalue weighted by atomic mass is 32.2. The number of hydrogen-bond donors (Lipinski definition) is 1. The Bertz CT molecular complexity index is 882. The zero-order valence-electron chi connectivity index (χ0n) is 14.7. The lowest BCUT2D eigenvalue weighted by molar-refractivity contribution is -0.121. The summed E-state index contributed by atoms with van der Waals surface area (Å²) in [7, 11) is -3.59. The summed E-state index contributed by atoms with van der Waals surface area (Å²) in [5.41, 5.74) is 1.49. The minimum absolute atomic E-state index is 0.00972. The normalized spacial score (nSPS) is 11.0. The highest BCUT2D eigenvalue weighted by molar-refractivity contribution is 7.92. The average Bonchev–Trinajstić information content (AvgIpc) is 2.60. The molecule has 7 nitrogen and oxygen atoms in total. The summed E-state index contributed by atoms with van der Waals surface area (Å²) in [6.07, 6.45) is 2.69. The van der Waals surface area contributed by atoms with Crippen LogP contribution in [0.4, 0.5) is 5.69 Å². The predicted molar refractivity (Wildman–Crippen MR) is 99.3 cm³/mol. The highest BCUT2D eigenvalue weighted by Crippen LogP contribution is 2.20. The van der Waals surface area contributed by atoms with E-state index in [4.69, 9.17) is 0 Å². The second kappa shape index (κ2) is 8.57. The number of carbonyl (C=O) groups excluding carboxylic acids is 2. The van der Waals surface area contributed by atoms with E-state index in [1.54, 1.807) is 36.5 Å². The number of pyridine rings is 1.